The Bertz CT molecular complexity index is 1040. The van der Waals surface area contributed by atoms with Gasteiger partial charge in [-0.3, -0.25) is 14.8 Å². The summed E-state index contributed by atoms with van der Waals surface area (Å²) in [5, 5.41) is 11.1. The summed E-state index contributed by atoms with van der Waals surface area (Å²) in [6.07, 6.45) is 4.99. The predicted octanol–water partition coefficient (Wildman–Crippen LogP) is 3.86. The van der Waals surface area contributed by atoms with Crippen LogP contribution >= 0.6 is 0 Å². The highest BCUT2D eigenvalue weighted by Gasteiger charge is 2.34. The predicted molar refractivity (Wildman–Crippen MR) is 122 cm³/mol. The van der Waals surface area contributed by atoms with Crippen LogP contribution in [0.4, 0.5) is 0 Å². The zero-order valence-corrected chi connectivity index (χ0v) is 18.7. The highest BCUT2D eigenvalue weighted by molar-refractivity contribution is 5.38. The molecule has 1 fully saturated rings. The van der Waals surface area contributed by atoms with E-state index in [2.05, 4.69) is 39.0 Å². The number of hydrogen-bond donors (Lipinski definition) is 1. The first-order valence-corrected chi connectivity index (χ1v) is 11.4. The summed E-state index contributed by atoms with van der Waals surface area (Å²) in [5.74, 6) is 2.93. The van der Waals surface area contributed by atoms with E-state index in [-0.39, 0.29) is 0 Å². The van der Waals surface area contributed by atoms with E-state index < -0.39 is 5.60 Å². The number of hydrogen-bond acceptors (Lipinski definition) is 6. The number of ether oxygens (including phenoxy) is 1. The second-order valence-electron chi connectivity index (χ2n) is 9.06. The van der Waals surface area contributed by atoms with Crippen LogP contribution in [-0.2, 0) is 25.2 Å². The Kier molecular flexibility index (Phi) is 6.00. The number of piperidine rings is 1. The SMILES string of the molecule is Cc1ccc(CN2CCOc3ccc(CN4CCC(O)(c5cccnc5)CC4)cc3C2)o1. The van der Waals surface area contributed by atoms with Gasteiger partial charge in [-0.1, -0.05) is 12.1 Å². The summed E-state index contributed by atoms with van der Waals surface area (Å²) in [6, 6.07) is 14.5. The number of benzene rings is 1. The Morgan fingerprint density at radius 3 is 2.66 bits per heavy atom. The van der Waals surface area contributed by atoms with E-state index in [9.17, 15) is 5.11 Å². The second-order valence-corrected chi connectivity index (χ2v) is 9.06. The quantitative estimate of drug-likeness (QED) is 0.659. The minimum Gasteiger partial charge on any atom is -0.492 e. The molecule has 0 spiro atoms. The van der Waals surface area contributed by atoms with Gasteiger partial charge in [-0.2, -0.15) is 0 Å². The van der Waals surface area contributed by atoms with Gasteiger partial charge in [0.1, 0.15) is 23.9 Å². The van der Waals surface area contributed by atoms with Gasteiger partial charge < -0.3 is 14.3 Å². The lowest BCUT2D eigenvalue weighted by molar-refractivity contribution is -0.0279. The third kappa shape index (κ3) is 4.72. The van der Waals surface area contributed by atoms with Crippen molar-refractivity contribution >= 4 is 0 Å². The van der Waals surface area contributed by atoms with Crippen molar-refractivity contribution in [1.29, 1.82) is 0 Å². The molecule has 4 heterocycles. The number of aryl methyl sites for hydroxylation is 1. The fourth-order valence-corrected chi connectivity index (χ4v) is 4.79. The first-order chi connectivity index (χ1) is 15.6. The summed E-state index contributed by atoms with van der Waals surface area (Å²) >= 11 is 0. The lowest BCUT2D eigenvalue weighted by Gasteiger charge is -2.38. The molecule has 1 saturated heterocycles. The fourth-order valence-electron chi connectivity index (χ4n) is 4.79. The molecule has 0 unspecified atom stereocenters. The molecule has 168 valence electrons. The third-order valence-electron chi connectivity index (χ3n) is 6.65. The van der Waals surface area contributed by atoms with Gasteiger partial charge >= 0.3 is 0 Å². The van der Waals surface area contributed by atoms with Gasteiger partial charge in [0.2, 0.25) is 0 Å². The average Bonchev–Trinajstić information content (AvgIpc) is 3.10. The summed E-state index contributed by atoms with van der Waals surface area (Å²) < 4.78 is 11.8. The number of furan rings is 1. The van der Waals surface area contributed by atoms with Gasteiger partial charge in [-0.15, -0.1) is 0 Å². The molecule has 2 aromatic heterocycles. The molecule has 0 bridgehead atoms. The van der Waals surface area contributed by atoms with Gasteiger partial charge in [-0.05, 0) is 55.7 Å². The minimum absolute atomic E-state index is 0.686. The molecule has 0 amide bonds. The molecule has 6 heteroatoms. The third-order valence-corrected chi connectivity index (χ3v) is 6.65. The number of nitrogens with zero attached hydrogens (tertiary/aromatic N) is 3. The van der Waals surface area contributed by atoms with Crippen molar-refractivity contribution in [2.24, 2.45) is 0 Å². The molecule has 2 aliphatic heterocycles. The number of rotatable bonds is 5. The Balaban J connectivity index is 1.22. The minimum atomic E-state index is -0.767. The van der Waals surface area contributed by atoms with E-state index in [4.69, 9.17) is 9.15 Å². The molecule has 0 aliphatic carbocycles. The maximum atomic E-state index is 11.1. The van der Waals surface area contributed by atoms with Gasteiger partial charge in [-0.25, -0.2) is 0 Å². The van der Waals surface area contributed by atoms with Crippen molar-refractivity contribution in [3.63, 3.8) is 0 Å². The molecule has 2 aliphatic rings. The highest BCUT2D eigenvalue weighted by atomic mass is 16.5. The van der Waals surface area contributed by atoms with Crippen LogP contribution < -0.4 is 4.74 Å². The Hall–Kier alpha value is -2.67. The maximum Gasteiger partial charge on any atom is 0.123 e. The van der Waals surface area contributed by atoms with Crippen molar-refractivity contribution in [3.05, 3.63) is 83.1 Å². The number of likely N-dealkylation sites (tertiary alicyclic amines) is 1. The maximum absolute atomic E-state index is 11.1. The molecule has 0 atom stereocenters. The van der Waals surface area contributed by atoms with Crippen LogP contribution in [0.15, 0.2) is 59.3 Å². The van der Waals surface area contributed by atoms with E-state index >= 15 is 0 Å². The summed E-state index contributed by atoms with van der Waals surface area (Å²) in [6.45, 7) is 7.80. The zero-order chi connectivity index (χ0) is 22.0. The van der Waals surface area contributed by atoms with Crippen molar-refractivity contribution in [2.45, 2.75) is 45.0 Å². The van der Waals surface area contributed by atoms with Gasteiger partial charge in [0.25, 0.3) is 0 Å². The van der Waals surface area contributed by atoms with Crippen molar-refractivity contribution in [1.82, 2.24) is 14.8 Å². The van der Waals surface area contributed by atoms with E-state index in [1.807, 2.05) is 25.1 Å². The van der Waals surface area contributed by atoms with Crippen LogP contribution in [0.3, 0.4) is 0 Å². The van der Waals surface area contributed by atoms with Crippen molar-refractivity contribution in [3.8, 4) is 5.75 Å². The molecular weight excluding hydrogens is 402 g/mol. The smallest absolute Gasteiger partial charge is 0.123 e. The normalized spacial score (nSPS) is 19.2. The first-order valence-electron chi connectivity index (χ1n) is 11.4. The highest BCUT2D eigenvalue weighted by Crippen LogP contribution is 2.33. The molecule has 5 rings (SSSR count). The summed E-state index contributed by atoms with van der Waals surface area (Å²) in [5.41, 5.74) is 2.67. The van der Waals surface area contributed by atoms with E-state index in [0.29, 0.717) is 6.61 Å². The molecular formula is C26H31N3O3. The van der Waals surface area contributed by atoms with Crippen LogP contribution in [0.5, 0.6) is 5.75 Å². The number of pyridine rings is 1. The molecule has 1 N–H and O–H groups in total. The molecule has 0 saturated carbocycles. The van der Waals surface area contributed by atoms with Crippen molar-refractivity contribution < 1.29 is 14.3 Å². The molecule has 32 heavy (non-hydrogen) atoms. The van der Waals surface area contributed by atoms with Crippen LogP contribution in [0.2, 0.25) is 0 Å². The standard InChI is InChI=1S/C26H31N3O3/c1-20-4-6-24(32-20)19-29-13-14-31-25-7-5-21(15-22(25)18-29)17-28-11-8-26(30,9-12-28)23-3-2-10-27-16-23/h2-7,10,15-16,30H,8-9,11-14,17-19H2,1H3. The van der Waals surface area contributed by atoms with Gasteiger partial charge in [0, 0.05) is 56.2 Å². The van der Waals surface area contributed by atoms with E-state index in [0.717, 1.165) is 74.9 Å². The summed E-state index contributed by atoms with van der Waals surface area (Å²) in [7, 11) is 0. The van der Waals surface area contributed by atoms with E-state index in [1.54, 1.807) is 12.4 Å². The average molecular weight is 434 g/mol. The number of aromatic nitrogens is 1. The van der Waals surface area contributed by atoms with Gasteiger partial charge in [0.15, 0.2) is 0 Å². The Labute approximate surface area is 189 Å². The van der Waals surface area contributed by atoms with Gasteiger partial charge in [0.05, 0.1) is 12.1 Å². The Morgan fingerprint density at radius 2 is 1.91 bits per heavy atom. The molecule has 3 aromatic rings. The topological polar surface area (TPSA) is 62.0 Å². The molecule has 0 radical (unpaired) electrons. The zero-order valence-electron chi connectivity index (χ0n) is 18.7. The van der Waals surface area contributed by atoms with Crippen LogP contribution in [0.25, 0.3) is 0 Å². The van der Waals surface area contributed by atoms with Crippen LogP contribution in [-0.4, -0.2) is 46.1 Å². The Morgan fingerprint density at radius 1 is 1.03 bits per heavy atom. The van der Waals surface area contributed by atoms with Crippen LogP contribution in [0.1, 0.15) is 41.1 Å². The second kappa shape index (κ2) is 9.06. The molecule has 6 nitrogen and oxygen atoms in total. The number of fused-ring (bicyclic) bond motifs is 1. The number of aliphatic hydroxyl groups is 1. The fraction of sp³-hybridized carbons (Fsp3) is 0.423. The molecule has 1 aromatic carbocycles. The van der Waals surface area contributed by atoms with Crippen molar-refractivity contribution in [2.75, 3.05) is 26.2 Å². The first kappa shape index (κ1) is 21.2. The van der Waals surface area contributed by atoms with E-state index in [1.165, 1.54) is 11.1 Å². The lowest BCUT2D eigenvalue weighted by Crippen LogP contribution is -2.42. The monoisotopic (exact) mass is 433 g/mol. The largest absolute Gasteiger partial charge is 0.492 e. The van der Waals surface area contributed by atoms with Crippen LogP contribution in [0, 0.1) is 6.92 Å². The lowest BCUT2D eigenvalue weighted by atomic mass is 9.85. The summed E-state index contributed by atoms with van der Waals surface area (Å²) in [4.78, 5) is 8.98.